The van der Waals surface area contributed by atoms with Gasteiger partial charge in [0.15, 0.2) is 5.13 Å². The molecular weight excluding hydrogens is 365 g/mol. The third-order valence-corrected chi connectivity index (χ3v) is 4.87. The average molecular weight is 382 g/mol. The van der Waals surface area contributed by atoms with Gasteiger partial charge in [0.05, 0.1) is 15.8 Å². The molecule has 3 rings (SSSR count). The molecule has 0 spiro atoms. The number of anilines is 1. The maximum absolute atomic E-state index is 12.5. The van der Waals surface area contributed by atoms with Crippen LogP contribution in [-0.2, 0) is 6.18 Å². The van der Waals surface area contributed by atoms with Crippen molar-refractivity contribution in [1.82, 2.24) is 4.98 Å². The van der Waals surface area contributed by atoms with Crippen molar-refractivity contribution >= 4 is 26.7 Å². The number of ether oxygens (including phenoxy) is 1. The van der Waals surface area contributed by atoms with E-state index in [2.05, 4.69) is 4.98 Å². The second-order valence-corrected chi connectivity index (χ2v) is 6.84. The minimum atomic E-state index is -4.38. The van der Waals surface area contributed by atoms with E-state index in [1.807, 2.05) is 36.2 Å². The lowest BCUT2D eigenvalue weighted by molar-refractivity contribution is -0.137. The summed E-state index contributed by atoms with van der Waals surface area (Å²) in [6.07, 6.45) is -5.19. The summed E-state index contributed by atoms with van der Waals surface area (Å²) in [5.74, 6) is 0.277. The van der Waals surface area contributed by atoms with Crippen molar-refractivity contribution < 1.29 is 23.0 Å². The Balaban J connectivity index is 1.54. The van der Waals surface area contributed by atoms with Crippen molar-refractivity contribution in [2.75, 3.05) is 25.1 Å². The number of rotatable bonds is 6. The van der Waals surface area contributed by atoms with Crippen LogP contribution in [0.25, 0.3) is 10.2 Å². The number of aromatic nitrogens is 1. The van der Waals surface area contributed by atoms with Gasteiger partial charge in [0.2, 0.25) is 0 Å². The molecule has 1 heterocycles. The van der Waals surface area contributed by atoms with Gasteiger partial charge in [-0.15, -0.1) is 0 Å². The Hall–Kier alpha value is -2.32. The van der Waals surface area contributed by atoms with Crippen LogP contribution in [0.4, 0.5) is 18.3 Å². The number of alkyl halides is 3. The third kappa shape index (κ3) is 4.44. The summed E-state index contributed by atoms with van der Waals surface area (Å²) in [7, 11) is 1.82. The van der Waals surface area contributed by atoms with Gasteiger partial charge in [0.25, 0.3) is 0 Å². The Morgan fingerprint density at radius 3 is 2.50 bits per heavy atom. The van der Waals surface area contributed by atoms with Crippen LogP contribution >= 0.6 is 11.3 Å². The number of halogens is 3. The summed E-state index contributed by atoms with van der Waals surface area (Å²) in [5.41, 5.74) is 0.163. The molecule has 8 heteroatoms. The first-order chi connectivity index (χ1) is 12.3. The molecule has 0 unspecified atom stereocenters. The highest BCUT2D eigenvalue weighted by atomic mass is 32.1. The van der Waals surface area contributed by atoms with Crippen LogP contribution in [0.15, 0.2) is 48.5 Å². The number of aliphatic hydroxyl groups excluding tert-OH is 1. The number of para-hydroxylation sites is 1. The molecule has 0 radical (unpaired) electrons. The van der Waals surface area contributed by atoms with E-state index in [1.54, 1.807) is 0 Å². The lowest BCUT2D eigenvalue weighted by Gasteiger charge is -2.20. The molecule has 0 saturated heterocycles. The van der Waals surface area contributed by atoms with Crippen LogP contribution in [0.2, 0.25) is 0 Å². The van der Waals surface area contributed by atoms with Gasteiger partial charge in [-0.05, 0) is 36.4 Å². The second kappa shape index (κ2) is 7.51. The summed E-state index contributed by atoms with van der Waals surface area (Å²) in [5, 5.41) is 10.9. The molecule has 138 valence electrons. The number of hydrogen-bond acceptors (Lipinski definition) is 5. The number of fused-ring (bicyclic) bond motifs is 1. The zero-order valence-electron chi connectivity index (χ0n) is 13.9. The molecule has 1 aromatic heterocycles. The number of thiazole rings is 1. The first kappa shape index (κ1) is 18.5. The summed E-state index contributed by atoms with van der Waals surface area (Å²) >= 11 is 1.52. The molecule has 1 atom stereocenters. The van der Waals surface area contributed by atoms with E-state index in [0.717, 1.165) is 27.5 Å². The normalized spacial score (nSPS) is 13.0. The molecule has 1 N–H and O–H groups in total. The van der Waals surface area contributed by atoms with Crippen LogP contribution in [0.1, 0.15) is 5.56 Å². The van der Waals surface area contributed by atoms with Gasteiger partial charge in [-0.3, -0.25) is 0 Å². The lowest BCUT2D eigenvalue weighted by Crippen LogP contribution is -2.33. The summed E-state index contributed by atoms with van der Waals surface area (Å²) in [4.78, 5) is 6.33. The van der Waals surface area contributed by atoms with Gasteiger partial charge in [0, 0.05) is 13.6 Å². The predicted molar refractivity (Wildman–Crippen MR) is 95.8 cm³/mol. The molecule has 0 aliphatic heterocycles. The zero-order valence-corrected chi connectivity index (χ0v) is 14.7. The topological polar surface area (TPSA) is 45.6 Å². The first-order valence-corrected chi connectivity index (χ1v) is 8.69. The number of nitrogens with zero attached hydrogens (tertiary/aromatic N) is 2. The molecule has 26 heavy (non-hydrogen) atoms. The van der Waals surface area contributed by atoms with E-state index >= 15 is 0 Å². The Bertz CT molecular complexity index is 832. The zero-order chi connectivity index (χ0) is 18.7. The van der Waals surface area contributed by atoms with Crippen LogP contribution in [-0.4, -0.2) is 36.4 Å². The van der Waals surface area contributed by atoms with E-state index in [-0.39, 0.29) is 12.4 Å². The minimum Gasteiger partial charge on any atom is -0.491 e. The van der Waals surface area contributed by atoms with E-state index in [4.69, 9.17) is 4.74 Å². The maximum Gasteiger partial charge on any atom is 0.416 e. The standard InChI is InChI=1S/C18H17F3N2O2S/c1-23(17-22-15-4-2-3-5-16(15)26-17)10-13(24)11-25-14-8-6-12(7-9-14)18(19,20)21/h2-9,13,24H,10-11H2,1H3/t13-/m0/s1. The molecule has 4 nitrogen and oxygen atoms in total. The number of likely N-dealkylation sites (N-methyl/N-ethyl adjacent to an activating group) is 1. The van der Waals surface area contributed by atoms with E-state index < -0.39 is 17.8 Å². The number of hydrogen-bond donors (Lipinski definition) is 1. The van der Waals surface area contributed by atoms with Gasteiger partial charge in [-0.25, -0.2) is 4.98 Å². The Labute approximate surface area is 152 Å². The van der Waals surface area contributed by atoms with Crippen LogP contribution in [0.3, 0.4) is 0 Å². The number of aliphatic hydroxyl groups is 1. The fraction of sp³-hybridized carbons (Fsp3) is 0.278. The van der Waals surface area contributed by atoms with Crippen molar-refractivity contribution in [2.45, 2.75) is 12.3 Å². The predicted octanol–water partition coefficient (Wildman–Crippen LogP) is 4.19. The summed E-state index contributed by atoms with van der Waals surface area (Å²) in [6.45, 7) is 0.265. The lowest BCUT2D eigenvalue weighted by atomic mass is 10.2. The van der Waals surface area contributed by atoms with E-state index in [0.29, 0.717) is 6.54 Å². The van der Waals surface area contributed by atoms with Gasteiger partial charge in [-0.2, -0.15) is 13.2 Å². The quantitative estimate of drug-likeness (QED) is 0.694. The molecular formula is C18H17F3N2O2S. The SMILES string of the molecule is CN(C[C@H](O)COc1ccc(C(F)(F)F)cc1)c1nc2ccccc2s1. The monoisotopic (exact) mass is 382 g/mol. The van der Waals surface area contributed by atoms with Crippen molar-refractivity contribution in [3.63, 3.8) is 0 Å². The summed E-state index contributed by atoms with van der Waals surface area (Å²) in [6, 6.07) is 12.2. The Morgan fingerprint density at radius 1 is 1.15 bits per heavy atom. The fourth-order valence-electron chi connectivity index (χ4n) is 2.40. The third-order valence-electron chi connectivity index (χ3n) is 3.72. The summed E-state index contributed by atoms with van der Waals surface area (Å²) < 4.78 is 44.0. The van der Waals surface area contributed by atoms with Gasteiger partial charge < -0.3 is 14.7 Å². The smallest absolute Gasteiger partial charge is 0.416 e. The van der Waals surface area contributed by atoms with Gasteiger partial charge >= 0.3 is 6.18 Å². The number of benzene rings is 2. The molecule has 0 amide bonds. The average Bonchev–Trinajstić information content (AvgIpc) is 3.04. The van der Waals surface area contributed by atoms with Crippen LogP contribution in [0.5, 0.6) is 5.75 Å². The minimum absolute atomic E-state index is 0.0272. The maximum atomic E-state index is 12.5. The molecule has 0 fully saturated rings. The highest BCUT2D eigenvalue weighted by Crippen LogP contribution is 2.30. The molecule has 3 aromatic rings. The Kier molecular flexibility index (Phi) is 5.33. The van der Waals surface area contributed by atoms with Gasteiger partial charge in [-0.1, -0.05) is 23.5 Å². The molecule has 0 aliphatic rings. The van der Waals surface area contributed by atoms with Gasteiger partial charge in [0.1, 0.15) is 18.5 Å². The Morgan fingerprint density at radius 2 is 1.85 bits per heavy atom. The molecule has 0 aliphatic carbocycles. The molecule has 2 aromatic carbocycles. The largest absolute Gasteiger partial charge is 0.491 e. The van der Waals surface area contributed by atoms with Crippen LogP contribution < -0.4 is 9.64 Å². The van der Waals surface area contributed by atoms with E-state index in [1.165, 1.54) is 23.5 Å². The molecule has 0 bridgehead atoms. The molecule has 0 saturated carbocycles. The second-order valence-electron chi connectivity index (χ2n) is 5.83. The highest BCUT2D eigenvalue weighted by Gasteiger charge is 2.30. The van der Waals surface area contributed by atoms with Crippen molar-refractivity contribution in [3.05, 3.63) is 54.1 Å². The highest BCUT2D eigenvalue weighted by molar-refractivity contribution is 7.22. The van der Waals surface area contributed by atoms with Crippen molar-refractivity contribution in [2.24, 2.45) is 0 Å². The first-order valence-electron chi connectivity index (χ1n) is 7.88. The van der Waals surface area contributed by atoms with Crippen molar-refractivity contribution in [3.8, 4) is 5.75 Å². The van der Waals surface area contributed by atoms with Crippen molar-refractivity contribution in [1.29, 1.82) is 0 Å². The van der Waals surface area contributed by atoms with Crippen LogP contribution in [0, 0.1) is 0 Å². The van der Waals surface area contributed by atoms with E-state index in [9.17, 15) is 18.3 Å². The fourth-order valence-corrected chi connectivity index (χ4v) is 3.34.